The van der Waals surface area contributed by atoms with E-state index in [1.54, 1.807) is 11.3 Å². The zero-order valence-electron chi connectivity index (χ0n) is 12.1. The number of hydrogen-bond acceptors (Lipinski definition) is 4. The normalized spacial score (nSPS) is 11.0. The van der Waals surface area contributed by atoms with Crippen LogP contribution in [0, 0.1) is 0 Å². The van der Waals surface area contributed by atoms with Crippen molar-refractivity contribution < 1.29 is 4.79 Å². The second-order valence-corrected chi connectivity index (χ2v) is 6.85. The monoisotopic (exact) mass is 369 g/mol. The van der Waals surface area contributed by atoms with Gasteiger partial charge in [0.05, 0.1) is 15.2 Å². The Kier molecular flexibility index (Phi) is 6.60. The lowest BCUT2D eigenvalue weighted by atomic mass is 10.3. The molecule has 1 heterocycles. The van der Waals surface area contributed by atoms with Gasteiger partial charge in [-0.2, -0.15) is 0 Å². The van der Waals surface area contributed by atoms with Gasteiger partial charge in [0.25, 0.3) is 0 Å². The summed E-state index contributed by atoms with van der Waals surface area (Å²) in [6, 6.07) is 6.08. The van der Waals surface area contributed by atoms with E-state index in [0.717, 1.165) is 39.2 Å². The molecule has 0 fully saturated rings. The molecule has 0 aliphatic heterocycles. The highest BCUT2D eigenvalue weighted by molar-refractivity contribution is 9.10. The largest absolute Gasteiger partial charge is 0.355 e. The predicted octanol–water partition coefficient (Wildman–Crippen LogP) is 3.11. The van der Waals surface area contributed by atoms with Crippen molar-refractivity contribution in [2.45, 2.75) is 26.2 Å². The molecule has 2 rings (SSSR count). The summed E-state index contributed by atoms with van der Waals surface area (Å²) in [5.41, 5.74) is 0.994. The number of fused-ring (bicyclic) bond motifs is 1. The summed E-state index contributed by atoms with van der Waals surface area (Å²) in [6.45, 7) is 4.64. The number of carbonyl (C=O) groups is 1. The summed E-state index contributed by atoms with van der Waals surface area (Å²) in [7, 11) is 0. The third-order valence-electron chi connectivity index (χ3n) is 3.01. The Labute approximate surface area is 137 Å². The van der Waals surface area contributed by atoms with Crippen molar-refractivity contribution in [2.24, 2.45) is 0 Å². The van der Waals surface area contributed by atoms with E-state index in [-0.39, 0.29) is 5.91 Å². The molecule has 0 bridgehead atoms. The molecule has 0 saturated carbocycles. The first-order valence-corrected chi connectivity index (χ1v) is 8.82. The Morgan fingerprint density at radius 1 is 1.33 bits per heavy atom. The van der Waals surface area contributed by atoms with Crippen LogP contribution in [0.3, 0.4) is 0 Å². The predicted molar refractivity (Wildman–Crippen MR) is 91.8 cm³/mol. The number of nitrogens with one attached hydrogen (secondary N) is 2. The quantitative estimate of drug-likeness (QED) is 0.702. The highest BCUT2D eigenvalue weighted by Gasteiger charge is 2.07. The van der Waals surface area contributed by atoms with Gasteiger partial charge in [-0.3, -0.25) is 4.79 Å². The van der Waals surface area contributed by atoms with E-state index in [0.29, 0.717) is 19.4 Å². The zero-order chi connectivity index (χ0) is 15.1. The lowest BCUT2D eigenvalue weighted by Crippen LogP contribution is -2.32. The highest BCUT2D eigenvalue weighted by Crippen LogP contribution is 2.25. The van der Waals surface area contributed by atoms with Gasteiger partial charge in [0, 0.05) is 30.4 Å². The van der Waals surface area contributed by atoms with Gasteiger partial charge in [-0.15, -0.1) is 11.3 Å². The average Bonchev–Trinajstić information content (AvgIpc) is 2.87. The van der Waals surface area contributed by atoms with Gasteiger partial charge in [0.15, 0.2) is 0 Å². The van der Waals surface area contributed by atoms with Crippen LogP contribution in [0.2, 0.25) is 0 Å². The Balaban J connectivity index is 1.75. The molecule has 6 heteroatoms. The molecule has 21 heavy (non-hydrogen) atoms. The fourth-order valence-corrected chi connectivity index (χ4v) is 3.25. The Morgan fingerprint density at radius 2 is 2.19 bits per heavy atom. The molecule has 0 unspecified atom stereocenters. The molecule has 0 radical (unpaired) electrons. The van der Waals surface area contributed by atoms with Gasteiger partial charge in [-0.25, -0.2) is 4.98 Å². The van der Waals surface area contributed by atoms with Gasteiger partial charge in [0.2, 0.25) is 5.91 Å². The molecule has 1 amide bonds. The fraction of sp³-hybridized carbons (Fsp3) is 0.467. The van der Waals surface area contributed by atoms with E-state index < -0.39 is 0 Å². The van der Waals surface area contributed by atoms with Crippen LogP contribution in [0.15, 0.2) is 22.7 Å². The molecule has 0 aliphatic rings. The second-order valence-electron chi connectivity index (χ2n) is 4.82. The first kappa shape index (κ1) is 16.4. The molecule has 0 atom stereocenters. The fourth-order valence-electron chi connectivity index (χ4n) is 1.96. The van der Waals surface area contributed by atoms with Gasteiger partial charge < -0.3 is 10.6 Å². The second kappa shape index (κ2) is 8.46. The maximum absolute atomic E-state index is 11.7. The summed E-state index contributed by atoms with van der Waals surface area (Å²) in [4.78, 5) is 16.3. The van der Waals surface area contributed by atoms with Gasteiger partial charge in [0.1, 0.15) is 0 Å². The third-order valence-corrected chi connectivity index (χ3v) is 4.60. The lowest BCUT2D eigenvalue weighted by Gasteiger charge is -2.05. The molecule has 0 saturated heterocycles. The van der Waals surface area contributed by atoms with Crippen LogP contribution < -0.4 is 10.6 Å². The number of aromatic nitrogens is 1. The minimum atomic E-state index is 0.0914. The van der Waals surface area contributed by atoms with Crippen LogP contribution in [0.1, 0.15) is 24.8 Å². The molecule has 4 nitrogen and oxygen atoms in total. The molecule has 2 N–H and O–H groups in total. The molecular formula is C15H20BrN3OS. The van der Waals surface area contributed by atoms with E-state index in [1.807, 2.05) is 12.1 Å². The van der Waals surface area contributed by atoms with Crippen molar-refractivity contribution in [2.75, 3.05) is 19.6 Å². The number of nitrogens with zero attached hydrogens (tertiary/aromatic N) is 1. The maximum atomic E-state index is 11.7. The zero-order valence-corrected chi connectivity index (χ0v) is 14.5. The number of carbonyl (C=O) groups excluding carboxylic acids is 1. The van der Waals surface area contributed by atoms with Crippen molar-refractivity contribution in [3.8, 4) is 0 Å². The smallest absolute Gasteiger partial charge is 0.220 e. The number of benzene rings is 1. The van der Waals surface area contributed by atoms with Gasteiger partial charge in [-0.1, -0.05) is 22.9 Å². The van der Waals surface area contributed by atoms with Crippen LogP contribution >= 0.6 is 27.3 Å². The third kappa shape index (κ3) is 5.37. The van der Waals surface area contributed by atoms with Crippen molar-refractivity contribution in [3.63, 3.8) is 0 Å². The lowest BCUT2D eigenvalue weighted by molar-refractivity contribution is -0.121. The van der Waals surface area contributed by atoms with Gasteiger partial charge >= 0.3 is 0 Å². The summed E-state index contributed by atoms with van der Waals surface area (Å²) in [5.74, 6) is 0.0914. The molecular weight excluding hydrogens is 350 g/mol. The maximum Gasteiger partial charge on any atom is 0.220 e. The van der Waals surface area contributed by atoms with E-state index >= 15 is 0 Å². The number of amides is 1. The highest BCUT2D eigenvalue weighted by atomic mass is 79.9. The van der Waals surface area contributed by atoms with Crippen molar-refractivity contribution >= 4 is 43.4 Å². The molecule has 2 aromatic rings. The average molecular weight is 370 g/mol. The molecule has 0 aliphatic carbocycles. The molecule has 1 aromatic carbocycles. The number of rotatable bonds is 8. The first-order valence-electron chi connectivity index (χ1n) is 7.21. The van der Waals surface area contributed by atoms with Crippen LogP contribution in [-0.2, 0) is 11.2 Å². The summed E-state index contributed by atoms with van der Waals surface area (Å²) in [5, 5.41) is 7.20. The topological polar surface area (TPSA) is 54.0 Å². The van der Waals surface area contributed by atoms with Crippen LogP contribution in [0.25, 0.3) is 10.2 Å². The standard InChI is InChI=1S/C15H20BrN3OS/c1-2-7-17-8-9-18-14(20)5-6-15-19-12-10-11(16)3-4-13(12)21-15/h3-4,10,17H,2,5-9H2,1H3,(H,18,20). The molecule has 1 aromatic heterocycles. The van der Waals surface area contributed by atoms with Crippen LogP contribution in [0.5, 0.6) is 0 Å². The minimum absolute atomic E-state index is 0.0914. The summed E-state index contributed by atoms with van der Waals surface area (Å²) < 4.78 is 2.20. The number of thiazole rings is 1. The Bertz CT molecular complexity index is 600. The van der Waals surface area contributed by atoms with Crippen LogP contribution in [0.4, 0.5) is 0 Å². The van der Waals surface area contributed by atoms with E-state index in [4.69, 9.17) is 0 Å². The molecule has 0 spiro atoms. The van der Waals surface area contributed by atoms with Crippen LogP contribution in [-0.4, -0.2) is 30.5 Å². The van der Waals surface area contributed by atoms with Gasteiger partial charge in [-0.05, 0) is 31.2 Å². The van der Waals surface area contributed by atoms with Crippen molar-refractivity contribution in [1.82, 2.24) is 15.6 Å². The van der Waals surface area contributed by atoms with Crippen molar-refractivity contribution in [1.29, 1.82) is 0 Å². The SMILES string of the molecule is CCCNCCNC(=O)CCc1nc2cc(Br)ccc2s1. The number of hydrogen-bond donors (Lipinski definition) is 2. The summed E-state index contributed by atoms with van der Waals surface area (Å²) >= 11 is 5.10. The first-order chi connectivity index (χ1) is 10.2. The van der Waals surface area contributed by atoms with E-state index in [2.05, 4.69) is 44.5 Å². The number of halogens is 1. The van der Waals surface area contributed by atoms with Crippen molar-refractivity contribution in [3.05, 3.63) is 27.7 Å². The van der Waals surface area contributed by atoms with E-state index in [1.165, 1.54) is 0 Å². The van der Waals surface area contributed by atoms with E-state index in [9.17, 15) is 4.79 Å². The molecule has 114 valence electrons. The summed E-state index contributed by atoms with van der Waals surface area (Å²) in [6.07, 6.45) is 2.31. The Hall–Kier alpha value is -0.980. The minimum Gasteiger partial charge on any atom is -0.355 e. The Morgan fingerprint density at radius 3 is 3.00 bits per heavy atom. The number of aryl methyl sites for hydroxylation is 1.